The second-order valence-corrected chi connectivity index (χ2v) is 7.96. The predicted molar refractivity (Wildman–Crippen MR) is 106 cm³/mol. The highest BCUT2D eigenvalue weighted by molar-refractivity contribution is 5.49. The van der Waals surface area contributed by atoms with Gasteiger partial charge in [0.1, 0.15) is 5.75 Å². The minimum atomic E-state index is -0.174. The van der Waals surface area contributed by atoms with Crippen molar-refractivity contribution in [1.82, 2.24) is 20.2 Å². The highest BCUT2D eigenvalue weighted by Gasteiger charge is 2.40. The van der Waals surface area contributed by atoms with Crippen molar-refractivity contribution in [1.29, 1.82) is 0 Å². The standard InChI is InChI=1S/C21H31N5O/c1-2-27-19-13-11-17(12-14-19)22-21(15-7-4-8-16-21)20-23-24-25-26(20)18-9-5-3-6-10-18/h11-14,18,22H,2-10,15-16H2,1H3. The van der Waals surface area contributed by atoms with Gasteiger partial charge in [-0.25, -0.2) is 4.68 Å². The summed E-state index contributed by atoms with van der Waals surface area (Å²) in [6.45, 7) is 2.70. The summed E-state index contributed by atoms with van der Waals surface area (Å²) in [5.41, 5.74) is 0.935. The van der Waals surface area contributed by atoms with Crippen LogP contribution in [0.25, 0.3) is 0 Å². The lowest BCUT2D eigenvalue weighted by atomic mass is 9.80. The molecule has 2 saturated carbocycles. The molecule has 0 atom stereocenters. The number of aromatic nitrogens is 4. The lowest BCUT2D eigenvalue weighted by Gasteiger charge is -2.39. The molecule has 2 aromatic rings. The molecule has 1 aromatic heterocycles. The first-order chi connectivity index (χ1) is 13.3. The van der Waals surface area contributed by atoms with Crippen LogP contribution in [0.4, 0.5) is 5.69 Å². The molecule has 0 aliphatic heterocycles. The van der Waals surface area contributed by atoms with Crippen molar-refractivity contribution >= 4 is 5.69 Å². The van der Waals surface area contributed by atoms with Crippen LogP contribution in [0.1, 0.15) is 83.0 Å². The Bertz CT molecular complexity index is 714. The molecule has 0 radical (unpaired) electrons. The maximum absolute atomic E-state index is 5.58. The van der Waals surface area contributed by atoms with Crippen molar-refractivity contribution in [2.45, 2.75) is 82.7 Å². The summed E-state index contributed by atoms with van der Waals surface area (Å²) < 4.78 is 7.73. The normalized spacial score (nSPS) is 20.3. The van der Waals surface area contributed by atoms with Crippen LogP contribution in [0.15, 0.2) is 24.3 Å². The Hall–Kier alpha value is -2.11. The van der Waals surface area contributed by atoms with E-state index in [2.05, 4.69) is 37.7 Å². The van der Waals surface area contributed by atoms with Crippen LogP contribution in [0, 0.1) is 0 Å². The van der Waals surface area contributed by atoms with E-state index in [9.17, 15) is 0 Å². The number of nitrogens with one attached hydrogen (secondary N) is 1. The second-order valence-electron chi connectivity index (χ2n) is 7.96. The van der Waals surface area contributed by atoms with Gasteiger partial charge < -0.3 is 10.1 Å². The van der Waals surface area contributed by atoms with Crippen LogP contribution in [-0.2, 0) is 5.54 Å². The summed E-state index contributed by atoms with van der Waals surface area (Å²) in [5, 5.41) is 16.9. The van der Waals surface area contributed by atoms with Gasteiger partial charge in [-0.1, -0.05) is 38.5 Å². The van der Waals surface area contributed by atoms with Crippen LogP contribution < -0.4 is 10.1 Å². The average Bonchev–Trinajstić information content (AvgIpc) is 3.22. The highest BCUT2D eigenvalue weighted by atomic mass is 16.5. The molecule has 27 heavy (non-hydrogen) atoms. The first-order valence-electron chi connectivity index (χ1n) is 10.6. The Kier molecular flexibility index (Phi) is 5.60. The predicted octanol–water partition coefficient (Wildman–Crippen LogP) is 4.85. The van der Waals surface area contributed by atoms with E-state index in [1.165, 1.54) is 51.4 Å². The van der Waals surface area contributed by atoms with Crippen molar-refractivity contribution < 1.29 is 4.74 Å². The van der Waals surface area contributed by atoms with Crippen molar-refractivity contribution in [2.75, 3.05) is 11.9 Å². The fourth-order valence-electron chi connectivity index (χ4n) is 4.72. The molecule has 146 valence electrons. The number of rotatable bonds is 6. The molecule has 0 unspecified atom stereocenters. The Morgan fingerprint density at radius 1 is 1.04 bits per heavy atom. The van der Waals surface area contributed by atoms with Crippen LogP contribution >= 0.6 is 0 Å². The van der Waals surface area contributed by atoms with E-state index in [0.29, 0.717) is 12.6 Å². The van der Waals surface area contributed by atoms with Gasteiger partial charge in [-0.15, -0.1) is 5.10 Å². The molecule has 6 heteroatoms. The molecule has 2 fully saturated rings. The maximum Gasteiger partial charge on any atom is 0.177 e. The van der Waals surface area contributed by atoms with Gasteiger partial charge >= 0.3 is 0 Å². The Balaban J connectivity index is 1.62. The number of benzene rings is 1. The van der Waals surface area contributed by atoms with E-state index >= 15 is 0 Å². The topological polar surface area (TPSA) is 64.9 Å². The summed E-state index contributed by atoms with van der Waals surface area (Å²) in [4.78, 5) is 0. The van der Waals surface area contributed by atoms with Crippen LogP contribution in [0.2, 0.25) is 0 Å². The average molecular weight is 370 g/mol. The molecule has 0 amide bonds. The summed E-state index contributed by atoms with van der Waals surface area (Å²) >= 11 is 0. The van der Waals surface area contributed by atoms with Gasteiger partial charge in [0.2, 0.25) is 0 Å². The zero-order chi connectivity index (χ0) is 18.5. The molecular weight excluding hydrogens is 338 g/mol. The van der Waals surface area contributed by atoms with E-state index in [1.807, 2.05) is 19.1 Å². The van der Waals surface area contributed by atoms with Gasteiger partial charge in [-0.05, 0) is 67.3 Å². The summed E-state index contributed by atoms with van der Waals surface area (Å²) in [6.07, 6.45) is 12.1. The van der Waals surface area contributed by atoms with E-state index in [0.717, 1.165) is 30.1 Å². The number of hydrogen-bond donors (Lipinski definition) is 1. The monoisotopic (exact) mass is 369 g/mol. The molecule has 1 heterocycles. The van der Waals surface area contributed by atoms with Crippen molar-refractivity contribution in [3.05, 3.63) is 30.1 Å². The minimum absolute atomic E-state index is 0.174. The Morgan fingerprint density at radius 3 is 2.44 bits per heavy atom. The van der Waals surface area contributed by atoms with Crippen LogP contribution in [-0.4, -0.2) is 26.8 Å². The summed E-state index contributed by atoms with van der Waals surface area (Å²) in [6, 6.07) is 8.73. The maximum atomic E-state index is 5.58. The molecule has 0 saturated heterocycles. The SMILES string of the molecule is CCOc1ccc(NC2(c3nnnn3C3CCCCC3)CCCCC2)cc1. The number of ether oxygens (including phenoxy) is 1. The summed E-state index contributed by atoms with van der Waals surface area (Å²) in [7, 11) is 0. The largest absolute Gasteiger partial charge is 0.494 e. The molecule has 2 aliphatic carbocycles. The molecule has 4 rings (SSSR count). The minimum Gasteiger partial charge on any atom is -0.494 e. The number of tetrazole rings is 1. The molecule has 1 aromatic carbocycles. The molecular formula is C21H31N5O. The number of anilines is 1. The fraction of sp³-hybridized carbons (Fsp3) is 0.667. The molecule has 0 spiro atoms. The first kappa shape index (κ1) is 18.3. The second kappa shape index (κ2) is 8.28. The van der Waals surface area contributed by atoms with E-state index in [4.69, 9.17) is 4.74 Å². The molecule has 2 aliphatic rings. The quantitative estimate of drug-likeness (QED) is 0.788. The van der Waals surface area contributed by atoms with Crippen LogP contribution in [0.5, 0.6) is 5.75 Å². The fourth-order valence-corrected chi connectivity index (χ4v) is 4.72. The van der Waals surface area contributed by atoms with E-state index in [1.54, 1.807) is 0 Å². The lowest BCUT2D eigenvalue weighted by molar-refractivity contribution is 0.263. The van der Waals surface area contributed by atoms with Gasteiger partial charge in [0.15, 0.2) is 5.82 Å². The lowest BCUT2D eigenvalue weighted by Crippen LogP contribution is -2.41. The third-order valence-electron chi connectivity index (χ3n) is 6.10. The molecule has 6 nitrogen and oxygen atoms in total. The third kappa shape index (κ3) is 3.94. The van der Waals surface area contributed by atoms with Crippen LogP contribution in [0.3, 0.4) is 0 Å². The third-order valence-corrected chi connectivity index (χ3v) is 6.10. The zero-order valence-corrected chi connectivity index (χ0v) is 16.4. The van der Waals surface area contributed by atoms with E-state index in [-0.39, 0.29) is 5.54 Å². The van der Waals surface area contributed by atoms with Gasteiger partial charge in [-0.3, -0.25) is 0 Å². The smallest absolute Gasteiger partial charge is 0.177 e. The van der Waals surface area contributed by atoms with Gasteiger partial charge in [0.25, 0.3) is 0 Å². The Labute approximate surface area is 161 Å². The molecule has 0 bridgehead atoms. The van der Waals surface area contributed by atoms with Crippen molar-refractivity contribution in [3.8, 4) is 5.75 Å². The highest BCUT2D eigenvalue weighted by Crippen LogP contribution is 2.41. The van der Waals surface area contributed by atoms with Gasteiger partial charge in [0, 0.05) is 5.69 Å². The van der Waals surface area contributed by atoms with Gasteiger partial charge in [-0.2, -0.15) is 0 Å². The first-order valence-corrected chi connectivity index (χ1v) is 10.6. The van der Waals surface area contributed by atoms with E-state index < -0.39 is 0 Å². The Morgan fingerprint density at radius 2 is 1.74 bits per heavy atom. The number of hydrogen-bond acceptors (Lipinski definition) is 5. The number of nitrogens with zero attached hydrogens (tertiary/aromatic N) is 4. The van der Waals surface area contributed by atoms with Gasteiger partial charge in [0.05, 0.1) is 18.2 Å². The molecule has 1 N–H and O–H groups in total. The van der Waals surface area contributed by atoms with Crippen molar-refractivity contribution in [2.24, 2.45) is 0 Å². The van der Waals surface area contributed by atoms with Crippen molar-refractivity contribution in [3.63, 3.8) is 0 Å². The summed E-state index contributed by atoms with van der Waals surface area (Å²) in [5.74, 6) is 1.94. The zero-order valence-electron chi connectivity index (χ0n) is 16.4.